The first-order valence-corrected chi connectivity index (χ1v) is 6.57. The molecule has 1 aliphatic rings. The first kappa shape index (κ1) is 12.0. The van der Waals surface area contributed by atoms with Gasteiger partial charge in [-0.3, -0.25) is 0 Å². The molecule has 0 unspecified atom stereocenters. The molecule has 98 valence electrons. The number of anilines is 2. The van der Waals surface area contributed by atoms with Gasteiger partial charge in [0.2, 0.25) is 0 Å². The van der Waals surface area contributed by atoms with E-state index in [4.69, 9.17) is 5.73 Å². The number of benzene rings is 1. The van der Waals surface area contributed by atoms with Crippen LogP contribution in [0.5, 0.6) is 0 Å². The molecule has 0 atom stereocenters. The van der Waals surface area contributed by atoms with Gasteiger partial charge in [-0.2, -0.15) is 0 Å². The summed E-state index contributed by atoms with van der Waals surface area (Å²) < 4.78 is 0. The summed E-state index contributed by atoms with van der Waals surface area (Å²) in [5, 5.41) is 3.51. The Morgan fingerprint density at radius 2 is 1.74 bits per heavy atom. The Hall–Kier alpha value is -2.10. The van der Waals surface area contributed by atoms with E-state index in [2.05, 4.69) is 39.6 Å². The molecule has 0 fully saturated rings. The molecule has 19 heavy (non-hydrogen) atoms. The summed E-state index contributed by atoms with van der Waals surface area (Å²) in [7, 11) is 0. The molecular weight excluding hydrogens is 236 g/mol. The fraction of sp³-hybridized carbons (Fsp3) is 0.333. The van der Waals surface area contributed by atoms with Gasteiger partial charge < -0.3 is 11.1 Å². The molecule has 3 N–H and O–H groups in total. The van der Waals surface area contributed by atoms with E-state index in [1.165, 1.54) is 11.1 Å². The highest BCUT2D eigenvalue weighted by molar-refractivity contribution is 5.56. The second kappa shape index (κ2) is 4.53. The van der Waals surface area contributed by atoms with Crippen molar-refractivity contribution in [3.63, 3.8) is 0 Å². The molecule has 4 nitrogen and oxygen atoms in total. The van der Waals surface area contributed by atoms with Crippen molar-refractivity contribution in [3.05, 3.63) is 46.8 Å². The van der Waals surface area contributed by atoms with Gasteiger partial charge in [0.05, 0.1) is 0 Å². The average molecular weight is 254 g/mol. The second-order valence-electron chi connectivity index (χ2n) is 5.15. The van der Waals surface area contributed by atoms with Gasteiger partial charge in [0, 0.05) is 11.6 Å². The van der Waals surface area contributed by atoms with E-state index in [0.29, 0.717) is 17.7 Å². The molecule has 3 rings (SSSR count). The Balaban J connectivity index is 1.81. The van der Waals surface area contributed by atoms with Crippen LogP contribution >= 0.6 is 0 Å². The smallest absolute Gasteiger partial charge is 0.134 e. The summed E-state index contributed by atoms with van der Waals surface area (Å²) in [4.78, 5) is 8.63. The quantitative estimate of drug-likeness (QED) is 0.862. The van der Waals surface area contributed by atoms with Crippen molar-refractivity contribution in [2.75, 3.05) is 11.1 Å². The zero-order chi connectivity index (χ0) is 13.4. The van der Waals surface area contributed by atoms with Crippen LogP contribution in [0.4, 0.5) is 11.6 Å². The average Bonchev–Trinajstić information content (AvgIpc) is 2.77. The summed E-state index contributed by atoms with van der Waals surface area (Å²) in [6.45, 7) is 3.82. The lowest BCUT2D eigenvalue weighted by Crippen LogP contribution is -2.21. The highest BCUT2D eigenvalue weighted by Gasteiger charge is 2.22. The lowest BCUT2D eigenvalue weighted by Gasteiger charge is -2.16. The molecule has 0 bridgehead atoms. The molecule has 2 aromatic rings. The molecular formula is C15H18N4. The van der Waals surface area contributed by atoms with Crippen molar-refractivity contribution in [1.82, 2.24) is 9.97 Å². The summed E-state index contributed by atoms with van der Waals surface area (Å²) in [5.41, 5.74) is 9.68. The summed E-state index contributed by atoms with van der Waals surface area (Å²) in [5.74, 6) is 2.13. The summed E-state index contributed by atoms with van der Waals surface area (Å²) >= 11 is 0. The van der Waals surface area contributed by atoms with Gasteiger partial charge in [0.1, 0.15) is 17.5 Å². The SMILES string of the molecule is Cc1nc(N)c(C)c(NC2Cc3ccccc3C2)n1. The fourth-order valence-corrected chi connectivity index (χ4v) is 2.64. The topological polar surface area (TPSA) is 63.8 Å². The molecule has 1 aromatic carbocycles. The maximum absolute atomic E-state index is 5.89. The van der Waals surface area contributed by atoms with E-state index in [1.807, 2.05) is 13.8 Å². The number of nitrogens with zero attached hydrogens (tertiary/aromatic N) is 2. The van der Waals surface area contributed by atoms with E-state index in [9.17, 15) is 0 Å². The second-order valence-corrected chi connectivity index (χ2v) is 5.15. The number of nitrogens with two attached hydrogens (primary N) is 1. The third kappa shape index (κ3) is 2.26. The van der Waals surface area contributed by atoms with Crippen molar-refractivity contribution in [2.45, 2.75) is 32.7 Å². The lowest BCUT2D eigenvalue weighted by molar-refractivity contribution is 0.765. The number of hydrogen-bond donors (Lipinski definition) is 2. The Morgan fingerprint density at radius 3 is 2.37 bits per heavy atom. The first-order valence-electron chi connectivity index (χ1n) is 6.57. The maximum Gasteiger partial charge on any atom is 0.134 e. The predicted octanol–water partition coefficient (Wildman–Crippen LogP) is 2.25. The van der Waals surface area contributed by atoms with E-state index in [-0.39, 0.29) is 0 Å². The van der Waals surface area contributed by atoms with Gasteiger partial charge in [-0.25, -0.2) is 9.97 Å². The molecule has 1 heterocycles. The number of nitrogens with one attached hydrogen (secondary N) is 1. The largest absolute Gasteiger partial charge is 0.383 e. The van der Waals surface area contributed by atoms with Crippen LogP contribution in [0.3, 0.4) is 0 Å². The number of aryl methyl sites for hydroxylation is 1. The van der Waals surface area contributed by atoms with Crippen molar-refractivity contribution in [2.24, 2.45) is 0 Å². The van der Waals surface area contributed by atoms with Gasteiger partial charge in [-0.15, -0.1) is 0 Å². The van der Waals surface area contributed by atoms with Crippen LogP contribution in [0.25, 0.3) is 0 Å². The normalized spacial score (nSPS) is 14.4. The standard InChI is InChI=1S/C15H18N4/c1-9-14(16)17-10(2)18-15(9)19-13-7-11-5-3-4-6-12(11)8-13/h3-6,13H,7-8H2,1-2H3,(H3,16,17,18,19). The van der Waals surface area contributed by atoms with Crippen LogP contribution in [0.15, 0.2) is 24.3 Å². The number of rotatable bonds is 2. The third-order valence-corrected chi connectivity index (χ3v) is 3.69. The molecule has 0 radical (unpaired) electrons. The van der Waals surface area contributed by atoms with Gasteiger partial charge in [0.15, 0.2) is 0 Å². The van der Waals surface area contributed by atoms with Crippen LogP contribution < -0.4 is 11.1 Å². The summed E-state index contributed by atoms with van der Waals surface area (Å²) in [6, 6.07) is 8.98. The van der Waals surface area contributed by atoms with Gasteiger partial charge in [0.25, 0.3) is 0 Å². The number of hydrogen-bond acceptors (Lipinski definition) is 4. The Labute approximate surface area is 113 Å². The van der Waals surface area contributed by atoms with Crippen LogP contribution in [-0.4, -0.2) is 16.0 Å². The summed E-state index contributed by atoms with van der Waals surface area (Å²) in [6.07, 6.45) is 2.08. The van der Waals surface area contributed by atoms with E-state index in [0.717, 1.165) is 24.2 Å². The van der Waals surface area contributed by atoms with Gasteiger partial charge >= 0.3 is 0 Å². The molecule has 0 aliphatic heterocycles. The van der Waals surface area contributed by atoms with Crippen LogP contribution in [0.2, 0.25) is 0 Å². The number of fused-ring (bicyclic) bond motifs is 1. The van der Waals surface area contributed by atoms with Crippen LogP contribution in [0, 0.1) is 13.8 Å². The van der Waals surface area contributed by atoms with Crippen molar-refractivity contribution >= 4 is 11.6 Å². The maximum atomic E-state index is 5.89. The highest BCUT2D eigenvalue weighted by Crippen LogP contribution is 2.25. The van der Waals surface area contributed by atoms with Gasteiger partial charge in [-0.1, -0.05) is 24.3 Å². The van der Waals surface area contributed by atoms with Crippen molar-refractivity contribution in [3.8, 4) is 0 Å². The zero-order valence-electron chi connectivity index (χ0n) is 11.3. The molecule has 0 spiro atoms. The van der Waals surface area contributed by atoms with E-state index < -0.39 is 0 Å². The minimum atomic E-state index is 0.393. The van der Waals surface area contributed by atoms with E-state index in [1.54, 1.807) is 0 Å². The number of nitrogen functional groups attached to an aromatic ring is 1. The predicted molar refractivity (Wildman–Crippen MR) is 77.2 cm³/mol. The third-order valence-electron chi connectivity index (χ3n) is 3.69. The number of aromatic nitrogens is 2. The Morgan fingerprint density at radius 1 is 1.11 bits per heavy atom. The van der Waals surface area contributed by atoms with Crippen LogP contribution in [-0.2, 0) is 12.8 Å². The molecule has 4 heteroatoms. The van der Waals surface area contributed by atoms with Crippen molar-refractivity contribution in [1.29, 1.82) is 0 Å². The highest BCUT2D eigenvalue weighted by atomic mass is 15.1. The Bertz CT molecular complexity index is 597. The Kier molecular flexibility index (Phi) is 2.85. The van der Waals surface area contributed by atoms with Crippen LogP contribution in [0.1, 0.15) is 22.5 Å². The zero-order valence-corrected chi connectivity index (χ0v) is 11.3. The lowest BCUT2D eigenvalue weighted by atomic mass is 10.1. The molecule has 0 amide bonds. The molecule has 1 aliphatic carbocycles. The monoisotopic (exact) mass is 254 g/mol. The fourth-order valence-electron chi connectivity index (χ4n) is 2.64. The first-order chi connectivity index (χ1) is 9.13. The molecule has 0 saturated carbocycles. The minimum Gasteiger partial charge on any atom is -0.383 e. The molecule has 1 aromatic heterocycles. The van der Waals surface area contributed by atoms with E-state index >= 15 is 0 Å². The van der Waals surface area contributed by atoms with Crippen molar-refractivity contribution < 1.29 is 0 Å². The molecule has 0 saturated heterocycles. The van der Waals surface area contributed by atoms with Gasteiger partial charge in [-0.05, 0) is 37.8 Å². The minimum absolute atomic E-state index is 0.393.